The number of nitrogens with zero attached hydrogens (tertiary/aromatic N) is 2. The maximum atomic E-state index is 13.7. The Labute approximate surface area is 189 Å². The lowest BCUT2D eigenvalue weighted by molar-refractivity contribution is 0.00991. The molecule has 1 heterocycles. The van der Waals surface area contributed by atoms with E-state index in [1.807, 2.05) is 12.1 Å². The molecule has 5 nitrogen and oxygen atoms in total. The summed E-state index contributed by atoms with van der Waals surface area (Å²) < 4.78 is 24.6. The molecule has 0 saturated carbocycles. The molecule has 0 spiro atoms. The lowest BCUT2D eigenvalue weighted by Gasteiger charge is -2.34. The minimum absolute atomic E-state index is 0. The molecule has 1 aromatic carbocycles. The van der Waals surface area contributed by atoms with Gasteiger partial charge >= 0.3 is 0 Å². The number of piperidine rings is 1. The van der Waals surface area contributed by atoms with Crippen LogP contribution in [-0.4, -0.2) is 69.2 Å². The third-order valence-electron chi connectivity index (χ3n) is 4.37. The van der Waals surface area contributed by atoms with Crippen molar-refractivity contribution in [2.45, 2.75) is 37.2 Å². The number of guanidine groups is 1. The van der Waals surface area contributed by atoms with Crippen molar-refractivity contribution in [2.24, 2.45) is 4.99 Å². The van der Waals surface area contributed by atoms with Crippen molar-refractivity contribution in [1.82, 2.24) is 10.2 Å². The van der Waals surface area contributed by atoms with Crippen molar-refractivity contribution in [3.8, 4) is 0 Å². The molecule has 2 rings (SSSR count). The Morgan fingerprint density at radius 1 is 1.29 bits per heavy atom. The molecule has 1 aromatic rings. The summed E-state index contributed by atoms with van der Waals surface area (Å²) in [6.45, 7) is 6.99. The molecule has 1 fully saturated rings. The summed E-state index contributed by atoms with van der Waals surface area (Å²) in [5.41, 5.74) is 0. The van der Waals surface area contributed by atoms with Crippen LogP contribution in [0.2, 0.25) is 0 Å². The lowest BCUT2D eigenvalue weighted by atomic mass is 10.1. The van der Waals surface area contributed by atoms with E-state index in [9.17, 15) is 4.39 Å². The van der Waals surface area contributed by atoms with Gasteiger partial charge in [-0.15, -0.1) is 35.7 Å². The summed E-state index contributed by atoms with van der Waals surface area (Å²) in [5, 5.41) is 3.37. The zero-order valence-electron chi connectivity index (χ0n) is 16.9. The van der Waals surface area contributed by atoms with Gasteiger partial charge in [-0.25, -0.2) is 4.39 Å². The van der Waals surface area contributed by atoms with Gasteiger partial charge in [0.15, 0.2) is 5.96 Å². The highest BCUT2D eigenvalue weighted by Gasteiger charge is 2.21. The summed E-state index contributed by atoms with van der Waals surface area (Å²) >= 11 is 1.51. The minimum Gasteiger partial charge on any atom is -0.385 e. The molecular weight excluding hydrogens is 492 g/mol. The first-order valence-electron chi connectivity index (χ1n) is 9.75. The number of benzene rings is 1. The highest BCUT2D eigenvalue weighted by Crippen LogP contribution is 2.21. The average Bonchev–Trinajstić information content (AvgIpc) is 2.69. The molecular formula is C20H33FIN3O2S. The van der Waals surface area contributed by atoms with E-state index < -0.39 is 0 Å². The molecule has 0 bridgehead atoms. The van der Waals surface area contributed by atoms with Crippen LogP contribution >= 0.6 is 35.7 Å². The number of rotatable bonds is 10. The topological polar surface area (TPSA) is 46.1 Å². The van der Waals surface area contributed by atoms with Crippen molar-refractivity contribution >= 4 is 41.7 Å². The number of ether oxygens (including phenoxy) is 2. The van der Waals surface area contributed by atoms with E-state index in [1.165, 1.54) is 17.8 Å². The second kappa shape index (κ2) is 15.3. The first-order valence-corrected chi connectivity index (χ1v) is 10.7. The lowest BCUT2D eigenvalue weighted by Crippen LogP contribution is -2.47. The van der Waals surface area contributed by atoms with Crippen molar-refractivity contribution in [1.29, 1.82) is 0 Å². The fraction of sp³-hybridized carbons (Fsp3) is 0.650. The van der Waals surface area contributed by atoms with Gasteiger partial charge in [-0.1, -0.05) is 12.1 Å². The molecule has 0 amide bonds. The van der Waals surface area contributed by atoms with Gasteiger partial charge in [0, 0.05) is 50.6 Å². The van der Waals surface area contributed by atoms with Crippen LogP contribution < -0.4 is 5.32 Å². The molecule has 0 aliphatic carbocycles. The van der Waals surface area contributed by atoms with Crippen LogP contribution in [0.25, 0.3) is 0 Å². The van der Waals surface area contributed by atoms with Crippen molar-refractivity contribution in [2.75, 3.05) is 52.3 Å². The zero-order chi connectivity index (χ0) is 19.3. The van der Waals surface area contributed by atoms with E-state index in [0.29, 0.717) is 17.5 Å². The summed E-state index contributed by atoms with van der Waals surface area (Å²) in [4.78, 5) is 7.71. The highest BCUT2D eigenvalue weighted by molar-refractivity contribution is 14.0. The SMILES string of the molecule is CCNC(=NCCSc1ccccc1F)N1CCC(OCCCOC)CC1.I. The fourth-order valence-electron chi connectivity index (χ4n) is 2.98. The van der Waals surface area contributed by atoms with Crippen LogP contribution in [0.15, 0.2) is 34.2 Å². The first-order chi connectivity index (χ1) is 13.2. The molecule has 1 aliphatic heterocycles. The summed E-state index contributed by atoms with van der Waals surface area (Å²) in [5.74, 6) is 1.55. The second-order valence-electron chi connectivity index (χ2n) is 6.42. The fourth-order valence-corrected chi connectivity index (χ4v) is 3.77. The number of hydrogen-bond donors (Lipinski definition) is 1. The van der Waals surface area contributed by atoms with E-state index in [0.717, 1.165) is 63.8 Å². The number of nitrogens with one attached hydrogen (secondary N) is 1. The van der Waals surface area contributed by atoms with Crippen molar-refractivity contribution in [3.05, 3.63) is 30.1 Å². The van der Waals surface area contributed by atoms with E-state index in [-0.39, 0.29) is 29.8 Å². The third-order valence-corrected chi connectivity index (χ3v) is 5.40. The molecule has 8 heteroatoms. The summed E-state index contributed by atoms with van der Waals surface area (Å²) in [6.07, 6.45) is 3.31. The van der Waals surface area contributed by atoms with Crippen LogP contribution in [-0.2, 0) is 9.47 Å². The molecule has 0 unspecified atom stereocenters. The van der Waals surface area contributed by atoms with Gasteiger partial charge in [-0.2, -0.15) is 0 Å². The summed E-state index contributed by atoms with van der Waals surface area (Å²) in [7, 11) is 1.72. The van der Waals surface area contributed by atoms with Gasteiger partial charge in [0.1, 0.15) is 5.82 Å². The molecule has 0 atom stereocenters. The predicted molar refractivity (Wildman–Crippen MR) is 126 cm³/mol. The second-order valence-corrected chi connectivity index (χ2v) is 7.55. The van der Waals surface area contributed by atoms with Crippen LogP contribution in [0.3, 0.4) is 0 Å². The first kappa shape index (κ1) is 25.5. The molecule has 28 heavy (non-hydrogen) atoms. The van der Waals surface area contributed by atoms with Gasteiger partial charge in [0.25, 0.3) is 0 Å². The van der Waals surface area contributed by atoms with Crippen LogP contribution in [0.5, 0.6) is 0 Å². The molecule has 0 aromatic heterocycles. The number of methoxy groups -OCH3 is 1. The Morgan fingerprint density at radius 2 is 2.04 bits per heavy atom. The Morgan fingerprint density at radius 3 is 2.71 bits per heavy atom. The Balaban J connectivity index is 0.00000392. The summed E-state index contributed by atoms with van der Waals surface area (Å²) in [6, 6.07) is 6.88. The van der Waals surface area contributed by atoms with Gasteiger partial charge in [0.05, 0.1) is 12.6 Å². The third kappa shape index (κ3) is 9.28. The number of hydrogen-bond acceptors (Lipinski definition) is 4. The number of likely N-dealkylation sites (tertiary alicyclic amines) is 1. The predicted octanol–water partition coefficient (Wildman–Crippen LogP) is 4.02. The monoisotopic (exact) mass is 525 g/mol. The quantitative estimate of drug-likeness (QED) is 0.165. The number of aliphatic imine (C=N–C) groups is 1. The van der Waals surface area contributed by atoms with E-state index in [1.54, 1.807) is 13.2 Å². The molecule has 160 valence electrons. The standard InChI is InChI=1S/C20H32FN3O2S.HI/c1-3-22-20(23-11-16-27-19-8-5-4-7-18(19)21)24-12-9-17(10-13-24)26-15-6-14-25-2;/h4-5,7-8,17H,3,6,9-16H2,1-2H3,(H,22,23);1H. The van der Waals surface area contributed by atoms with Gasteiger partial charge in [-0.05, 0) is 38.3 Å². The maximum absolute atomic E-state index is 13.7. The van der Waals surface area contributed by atoms with Crippen molar-refractivity contribution in [3.63, 3.8) is 0 Å². The van der Waals surface area contributed by atoms with Crippen molar-refractivity contribution < 1.29 is 13.9 Å². The Kier molecular flexibility index (Phi) is 13.9. The average molecular weight is 525 g/mol. The highest BCUT2D eigenvalue weighted by atomic mass is 127. The Hall–Kier alpha value is -0.580. The largest absolute Gasteiger partial charge is 0.385 e. The van der Waals surface area contributed by atoms with Crippen LogP contribution in [0.4, 0.5) is 4.39 Å². The zero-order valence-corrected chi connectivity index (χ0v) is 20.0. The van der Waals surface area contributed by atoms with Gasteiger partial charge in [0.2, 0.25) is 0 Å². The number of thioether (sulfide) groups is 1. The Bertz CT molecular complexity index is 572. The number of halogens is 2. The minimum atomic E-state index is -0.161. The van der Waals surface area contributed by atoms with E-state index >= 15 is 0 Å². The molecule has 1 aliphatic rings. The van der Waals surface area contributed by atoms with E-state index in [4.69, 9.17) is 14.5 Å². The van der Waals surface area contributed by atoms with Gasteiger partial charge < -0.3 is 19.7 Å². The van der Waals surface area contributed by atoms with Crippen LogP contribution in [0.1, 0.15) is 26.2 Å². The normalized spacial score (nSPS) is 15.4. The molecule has 1 saturated heterocycles. The maximum Gasteiger partial charge on any atom is 0.193 e. The molecule has 0 radical (unpaired) electrons. The van der Waals surface area contributed by atoms with E-state index in [2.05, 4.69) is 17.1 Å². The smallest absolute Gasteiger partial charge is 0.193 e. The van der Waals surface area contributed by atoms with Crippen LogP contribution in [0, 0.1) is 5.82 Å². The van der Waals surface area contributed by atoms with Gasteiger partial charge in [-0.3, -0.25) is 4.99 Å². The molecule has 1 N–H and O–H groups in total.